The van der Waals surface area contributed by atoms with E-state index in [1.54, 1.807) is 13.8 Å². The van der Waals surface area contributed by atoms with Gasteiger partial charge in [-0.3, -0.25) is 38.4 Å². The van der Waals surface area contributed by atoms with Gasteiger partial charge in [0.2, 0.25) is 47.3 Å². The first kappa shape index (κ1) is 51.3. The second-order valence-electron chi connectivity index (χ2n) is 17.7. The summed E-state index contributed by atoms with van der Waals surface area (Å²) in [5.41, 5.74) is 5.47. The number of nitrogens with two attached hydrogens (primary N) is 1. The molecule has 340 valence electrons. The van der Waals surface area contributed by atoms with Crippen molar-refractivity contribution in [3.63, 3.8) is 0 Å². The summed E-state index contributed by atoms with van der Waals surface area (Å²) >= 11 is 0. The van der Waals surface area contributed by atoms with Gasteiger partial charge in [0.1, 0.15) is 48.3 Å². The van der Waals surface area contributed by atoms with Gasteiger partial charge in [-0.2, -0.15) is 0 Å². The second-order valence-corrected chi connectivity index (χ2v) is 17.7. The fraction of sp³-hybridized carbons (Fsp3) is 0.780. The fourth-order valence-electron chi connectivity index (χ4n) is 7.46. The van der Waals surface area contributed by atoms with Crippen LogP contribution in [-0.4, -0.2) is 136 Å². The Bertz CT molecular complexity index is 1550. The lowest BCUT2D eigenvalue weighted by Crippen LogP contribution is -2.59. The molecule has 8 atom stereocenters. The number of hydrogen-bond acceptors (Lipinski definition) is 10. The van der Waals surface area contributed by atoms with E-state index in [2.05, 4.69) is 31.9 Å². The number of likely N-dealkylation sites (tertiary alicyclic amines) is 2. The van der Waals surface area contributed by atoms with Gasteiger partial charge in [0.25, 0.3) is 0 Å². The molecule has 0 spiro atoms. The van der Waals surface area contributed by atoms with Crippen LogP contribution in [0.15, 0.2) is 0 Å². The molecule has 8 amide bonds. The summed E-state index contributed by atoms with van der Waals surface area (Å²) in [6, 6.07) is -8.16. The number of carbonyl (C=O) groups excluding carboxylic acids is 8. The van der Waals surface area contributed by atoms with Crippen LogP contribution in [0.4, 0.5) is 0 Å². The number of nitrogens with one attached hydrogen (secondary N) is 6. The summed E-state index contributed by atoms with van der Waals surface area (Å²) in [6.07, 6.45) is 2.46. The van der Waals surface area contributed by atoms with Crippen molar-refractivity contribution >= 4 is 53.2 Å². The molecule has 2 heterocycles. The van der Waals surface area contributed by atoms with Gasteiger partial charge in [-0.25, -0.2) is 4.79 Å². The SMILES string of the molecule is CC(C)C[C@H](NC(=O)CN)C(=O)N[C@@H](CC(C)C)C(=O)N1CCC[C@H]1C(=O)N[C@@H](C)C(=O)N[C@@H](CC(C)C)C(=O)N1CCC[C@H]1C(=O)N[C@@H](C)C(=O)N[C@H](C(=O)O)C(C)C. The van der Waals surface area contributed by atoms with E-state index in [1.807, 2.05) is 41.5 Å². The van der Waals surface area contributed by atoms with E-state index in [9.17, 15) is 48.3 Å². The number of nitrogens with zero attached hydrogens (tertiary/aromatic N) is 2. The summed E-state index contributed by atoms with van der Waals surface area (Å²) in [5, 5.41) is 25.4. The molecule has 0 aromatic carbocycles. The largest absolute Gasteiger partial charge is 0.480 e. The van der Waals surface area contributed by atoms with E-state index >= 15 is 0 Å². The summed E-state index contributed by atoms with van der Waals surface area (Å²) in [6.45, 7) is 17.7. The highest BCUT2D eigenvalue weighted by Crippen LogP contribution is 2.23. The van der Waals surface area contributed by atoms with Crippen LogP contribution in [0, 0.1) is 23.7 Å². The van der Waals surface area contributed by atoms with Crippen molar-refractivity contribution in [2.75, 3.05) is 19.6 Å². The van der Waals surface area contributed by atoms with E-state index < -0.39 is 107 Å². The zero-order valence-corrected chi connectivity index (χ0v) is 37.1. The molecule has 0 bridgehead atoms. The molecule has 0 unspecified atom stereocenters. The van der Waals surface area contributed by atoms with Crippen LogP contribution in [0.5, 0.6) is 0 Å². The van der Waals surface area contributed by atoms with Crippen LogP contribution < -0.4 is 37.6 Å². The zero-order valence-electron chi connectivity index (χ0n) is 37.1. The Morgan fingerprint density at radius 3 is 1.30 bits per heavy atom. The highest BCUT2D eigenvalue weighted by Gasteiger charge is 2.41. The van der Waals surface area contributed by atoms with Crippen LogP contribution in [0.1, 0.15) is 114 Å². The minimum Gasteiger partial charge on any atom is -0.480 e. The van der Waals surface area contributed by atoms with Crippen LogP contribution in [0.25, 0.3) is 0 Å². The van der Waals surface area contributed by atoms with Crippen molar-refractivity contribution in [1.29, 1.82) is 0 Å². The molecule has 0 aromatic heterocycles. The third kappa shape index (κ3) is 15.3. The summed E-state index contributed by atoms with van der Waals surface area (Å²) in [5.74, 6) is -6.11. The smallest absolute Gasteiger partial charge is 0.326 e. The maximum atomic E-state index is 14.0. The number of amides is 8. The predicted molar refractivity (Wildman–Crippen MR) is 222 cm³/mol. The molecule has 19 nitrogen and oxygen atoms in total. The number of hydrogen-bond donors (Lipinski definition) is 8. The van der Waals surface area contributed by atoms with Gasteiger partial charge in [-0.1, -0.05) is 55.4 Å². The molecule has 2 saturated heterocycles. The van der Waals surface area contributed by atoms with E-state index in [1.165, 1.54) is 23.6 Å². The van der Waals surface area contributed by atoms with Crippen molar-refractivity contribution in [2.45, 2.75) is 163 Å². The van der Waals surface area contributed by atoms with Gasteiger partial charge in [-0.05, 0) is 82.5 Å². The third-order valence-corrected chi connectivity index (χ3v) is 10.6. The molecule has 19 heteroatoms. The van der Waals surface area contributed by atoms with E-state index in [0.717, 1.165) is 0 Å². The lowest BCUT2D eigenvalue weighted by Gasteiger charge is -2.32. The highest BCUT2D eigenvalue weighted by molar-refractivity contribution is 5.98. The van der Waals surface area contributed by atoms with Crippen LogP contribution >= 0.6 is 0 Å². The first-order chi connectivity index (χ1) is 28.0. The molecule has 2 aliphatic heterocycles. The normalized spacial score (nSPS) is 19.6. The summed E-state index contributed by atoms with van der Waals surface area (Å²) in [7, 11) is 0. The van der Waals surface area contributed by atoms with Gasteiger partial charge in [0.15, 0.2) is 0 Å². The van der Waals surface area contributed by atoms with Gasteiger partial charge in [0.05, 0.1) is 6.54 Å². The molecule has 0 aliphatic carbocycles. The average Bonchev–Trinajstić information content (AvgIpc) is 3.85. The number of rotatable bonds is 22. The summed E-state index contributed by atoms with van der Waals surface area (Å²) in [4.78, 5) is 121. The molecule has 2 rings (SSSR count). The average molecular weight is 850 g/mol. The maximum Gasteiger partial charge on any atom is 0.326 e. The predicted octanol–water partition coefficient (Wildman–Crippen LogP) is -0.245. The Morgan fingerprint density at radius 2 is 0.933 bits per heavy atom. The lowest BCUT2D eigenvalue weighted by atomic mass is 9.99. The quantitative estimate of drug-likeness (QED) is 0.0704. The third-order valence-electron chi connectivity index (χ3n) is 10.6. The Labute approximate surface area is 354 Å². The molecule has 60 heavy (non-hydrogen) atoms. The summed E-state index contributed by atoms with van der Waals surface area (Å²) < 4.78 is 0. The van der Waals surface area contributed by atoms with Crippen LogP contribution in [-0.2, 0) is 43.2 Å². The van der Waals surface area contributed by atoms with Gasteiger partial charge >= 0.3 is 5.97 Å². The monoisotopic (exact) mass is 850 g/mol. The molecule has 2 aliphatic rings. The van der Waals surface area contributed by atoms with Crippen molar-refractivity contribution in [3.8, 4) is 0 Å². The Morgan fingerprint density at radius 1 is 0.550 bits per heavy atom. The van der Waals surface area contributed by atoms with E-state index in [4.69, 9.17) is 5.73 Å². The Kier molecular flexibility index (Phi) is 20.4. The molecule has 2 fully saturated rings. The van der Waals surface area contributed by atoms with E-state index in [-0.39, 0.29) is 50.2 Å². The van der Waals surface area contributed by atoms with Crippen LogP contribution in [0.2, 0.25) is 0 Å². The van der Waals surface area contributed by atoms with Crippen molar-refractivity contribution in [2.24, 2.45) is 29.4 Å². The molecule has 0 aromatic rings. The minimum atomic E-state index is -1.20. The van der Waals surface area contributed by atoms with Crippen LogP contribution in [0.3, 0.4) is 0 Å². The molecule has 0 radical (unpaired) electrons. The molecular formula is C41H71N9O10. The minimum absolute atomic E-state index is 0.00932. The van der Waals surface area contributed by atoms with E-state index in [0.29, 0.717) is 32.1 Å². The Hall–Kier alpha value is -4.81. The lowest BCUT2D eigenvalue weighted by molar-refractivity contribution is -0.144. The Balaban J connectivity index is 2.15. The number of aliphatic carboxylic acids is 1. The van der Waals surface area contributed by atoms with Gasteiger partial charge < -0.3 is 52.5 Å². The zero-order chi connectivity index (χ0) is 45.6. The molecule has 0 saturated carbocycles. The number of carbonyl (C=O) groups is 9. The fourth-order valence-corrected chi connectivity index (χ4v) is 7.46. The molecular weight excluding hydrogens is 779 g/mol. The van der Waals surface area contributed by atoms with Crippen molar-refractivity contribution in [3.05, 3.63) is 0 Å². The van der Waals surface area contributed by atoms with Crippen molar-refractivity contribution < 1.29 is 48.3 Å². The standard InChI is InChI=1S/C41H71N9O10/c1-21(2)17-27(45-32(51)20-42)36(54)47-29(19-23(5)6)40(58)50-16-12-13-30(50)37(55)43-25(9)34(52)46-28(18-22(3)4)39(57)49-15-11-14-31(49)38(56)44-26(10)35(53)48-33(24(7)8)41(59)60/h21-31,33H,11-20,42H2,1-10H3,(H,43,55)(H,44,56)(H,45,51)(H,46,52)(H,47,54)(H,48,53)(H,59,60)/t25-,26-,27-,28-,29-,30-,31-,33-/m0/s1. The number of carboxylic acids is 1. The second kappa shape index (κ2) is 23.8. The maximum absolute atomic E-state index is 14.0. The number of carboxylic acid groups (broad SMARTS) is 1. The highest BCUT2D eigenvalue weighted by atomic mass is 16.4. The van der Waals surface area contributed by atoms with Gasteiger partial charge in [-0.15, -0.1) is 0 Å². The first-order valence-corrected chi connectivity index (χ1v) is 21.3. The molecule has 9 N–H and O–H groups in total. The first-order valence-electron chi connectivity index (χ1n) is 21.3. The van der Waals surface area contributed by atoms with Crippen molar-refractivity contribution in [1.82, 2.24) is 41.7 Å². The van der Waals surface area contributed by atoms with Gasteiger partial charge in [0, 0.05) is 13.1 Å². The topological polar surface area (TPSA) is 279 Å².